The molecular weight excluding hydrogens is 252 g/mol. The summed E-state index contributed by atoms with van der Waals surface area (Å²) in [6.07, 6.45) is 4.76. The van der Waals surface area contributed by atoms with Gasteiger partial charge in [0.05, 0.1) is 11.5 Å². The Labute approximate surface area is 110 Å². The highest BCUT2D eigenvalue weighted by molar-refractivity contribution is 7.91. The lowest BCUT2D eigenvalue weighted by Gasteiger charge is -2.23. The highest BCUT2D eigenvalue weighted by atomic mass is 32.2. The molecule has 1 saturated heterocycles. The maximum absolute atomic E-state index is 11.6. The van der Waals surface area contributed by atoms with Crippen molar-refractivity contribution >= 4 is 15.7 Å². The maximum Gasteiger partial charge on any atom is 0.221 e. The molecule has 6 heteroatoms. The SMILES string of the molecule is CCCCCCNC(=O)CC1CS(=O)(=O)CCN1. The van der Waals surface area contributed by atoms with Crippen molar-refractivity contribution in [1.82, 2.24) is 10.6 Å². The highest BCUT2D eigenvalue weighted by Crippen LogP contribution is 2.05. The summed E-state index contributed by atoms with van der Waals surface area (Å²) in [6.45, 7) is 3.29. The number of nitrogens with one attached hydrogen (secondary N) is 2. The summed E-state index contributed by atoms with van der Waals surface area (Å²) in [5, 5.41) is 5.92. The van der Waals surface area contributed by atoms with E-state index in [1.807, 2.05) is 0 Å². The van der Waals surface area contributed by atoms with Gasteiger partial charge in [0.2, 0.25) is 5.91 Å². The molecule has 0 bridgehead atoms. The lowest BCUT2D eigenvalue weighted by molar-refractivity contribution is -0.121. The van der Waals surface area contributed by atoms with E-state index in [-0.39, 0.29) is 29.9 Å². The zero-order valence-corrected chi connectivity index (χ0v) is 11.9. The zero-order chi connectivity index (χ0) is 13.4. The van der Waals surface area contributed by atoms with Crippen LogP contribution in [0.15, 0.2) is 0 Å². The van der Waals surface area contributed by atoms with Crippen LogP contribution in [-0.2, 0) is 14.6 Å². The molecule has 0 aromatic heterocycles. The van der Waals surface area contributed by atoms with Gasteiger partial charge < -0.3 is 10.6 Å². The monoisotopic (exact) mass is 276 g/mol. The lowest BCUT2D eigenvalue weighted by Crippen LogP contribution is -2.47. The van der Waals surface area contributed by atoms with Gasteiger partial charge in [-0.3, -0.25) is 4.79 Å². The Bertz CT molecular complexity index is 354. The van der Waals surface area contributed by atoms with E-state index in [1.54, 1.807) is 0 Å². The molecule has 1 aliphatic rings. The second-order valence-corrected chi connectivity index (χ2v) is 7.11. The minimum absolute atomic E-state index is 0.0545. The van der Waals surface area contributed by atoms with Crippen molar-refractivity contribution in [3.05, 3.63) is 0 Å². The van der Waals surface area contributed by atoms with Crippen LogP contribution in [0.1, 0.15) is 39.0 Å². The Kier molecular flexibility index (Phi) is 6.63. The summed E-state index contributed by atoms with van der Waals surface area (Å²) in [7, 11) is -2.95. The Morgan fingerprint density at radius 3 is 2.78 bits per heavy atom. The number of amides is 1. The molecule has 1 aliphatic heterocycles. The number of hydrogen-bond donors (Lipinski definition) is 2. The first-order valence-corrected chi connectivity index (χ1v) is 8.56. The lowest BCUT2D eigenvalue weighted by atomic mass is 10.2. The third-order valence-corrected chi connectivity index (χ3v) is 4.82. The Balaban J connectivity index is 2.16. The molecule has 1 amide bonds. The van der Waals surface area contributed by atoms with E-state index in [9.17, 15) is 13.2 Å². The van der Waals surface area contributed by atoms with Crippen LogP contribution >= 0.6 is 0 Å². The molecule has 1 heterocycles. The first-order valence-electron chi connectivity index (χ1n) is 6.74. The van der Waals surface area contributed by atoms with Crippen molar-refractivity contribution in [2.45, 2.75) is 45.1 Å². The number of carbonyl (C=O) groups excluding carboxylic acids is 1. The highest BCUT2D eigenvalue weighted by Gasteiger charge is 2.25. The summed E-state index contributed by atoms with van der Waals surface area (Å²) in [6, 6.07) is -0.223. The minimum atomic E-state index is -2.95. The standard InChI is InChI=1S/C12H24N2O3S/c1-2-3-4-5-6-14-12(15)9-11-10-18(16,17)8-7-13-11/h11,13H,2-10H2,1H3,(H,14,15). The summed E-state index contributed by atoms with van der Waals surface area (Å²) in [5.74, 6) is 0.208. The largest absolute Gasteiger partial charge is 0.356 e. The predicted molar refractivity (Wildman–Crippen MR) is 72.2 cm³/mol. The number of carbonyl (C=O) groups is 1. The van der Waals surface area contributed by atoms with Crippen molar-refractivity contribution in [2.75, 3.05) is 24.6 Å². The second-order valence-electron chi connectivity index (χ2n) is 4.88. The molecule has 106 valence electrons. The fraction of sp³-hybridized carbons (Fsp3) is 0.917. The van der Waals surface area contributed by atoms with E-state index < -0.39 is 9.84 Å². The molecule has 1 unspecified atom stereocenters. The van der Waals surface area contributed by atoms with Crippen molar-refractivity contribution in [2.24, 2.45) is 0 Å². The van der Waals surface area contributed by atoms with Crippen LogP contribution in [0.4, 0.5) is 0 Å². The van der Waals surface area contributed by atoms with Crippen LogP contribution < -0.4 is 10.6 Å². The Hall–Kier alpha value is -0.620. The summed E-state index contributed by atoms with van der Waals surface area (Å²) >= 11 is 0. The molecule has 0 radical (unpaired) electrons. The molecule has 2 N–H and O–H groups in total. The number of rotatable bonds is 7. The van der Waals surface area contributed by atoms with Crippen LogP contribution in [0.2, 0.25) is 0 Å². The van der Waals surface area contributed by atoms with Crippen molar-refractivity contribution < 1.29 is 13.2 Å². The van der Waals surface area contributed by atoms with Gasteiger partial charge in [-0.25, -0.2) is 8.42 Å². The zero-order valence-electron chi connectivity index (χ0n) is 11.1. The van der Waals surface area contributed by atoms with Crippen LogP contribution in [0.25, 0.3) is 0 Å². The van der Waals surface area contributed by atoms with Crippen LogP contribution in [0.3, 0.4) is 0 Å². The average molecular weight is 276 g/mol. The van der Waals surface area contributed by atoms with E-state index in [2.05, 4.69) is 17.6 Å². The average Bonchev–Trinajstić information content (AvgIpc) is 2.27. The summed E-state index contributed by atoms with van der Waals surface area (Å²) in [4.78, 5) is 11.6. The predicted octanol–water partition coefficient (Wildman–Crippen LogP) is 0.460. The topological polar surface area (TPSA) is 75.3 Å². The number of hydrogen-bond acceptors (Lipinski definition) is 4. The van der Waals surface area contributed by atoms with E-state index >= 15 is 0 Å². The fourth-order valence-electron chi connectivity index (χ4n) is 2.07. The molecule has 1 atom stereocenters. The van der Waals surface area contributed by atoms with E-state index in [0.29, 0.717) is 13.1 Å². The smallest absolute Gasteiger partial charge is 0.221 e. The van der Waals surface area contributed by atoms with E-state index in [0.717, 1.165) is 12.8 Å². The summed E-state index contributed by atoms with van der Waals surface area (Å²) < 4.78 is 22.8. The molecule has 18 heavy (non-hydrogen) atoms. The maximum atomic E-state index is 11.6. The summed E-state index contributed by atoms with van der Waals surface area (Å²) in [5.41, 5.74) is 0. The van der Waals surface area contributed by atoms with Crippen LogP contribution in [0.5, 0.6) is 0 Å². The molecule has 0 aromatic carbocycles. The molecule has 1 rings (SSSR count). The van der Waals surface area contributed by atoms with Gasteiger partial charge in [0.1, 0.15) is 0 Å². The molecule has 0 spiro atoms. The van der Waals surface area contributed by atoms with Crippen molar-refractivity contribution in [1.29, 1.82) is 0 Å². The number of unbranched alkanes of at least 4 members (excludes halogenated alkanes) is 3. The Morgan fingerprint density at radius 1 is 1.33 bits per heavy atom. The molecule has 1 fully saturated rings. The van der Waals surface area contributed by atoms with Gasteiger partial charge in [0.15, 0.2) is 9.84 Å². The third-order valence-electron chi connectivity index (χ3n) is 3.09. The van der Waals surface area contributed by atoms with Crippen LogP contribution in [-0.4, -0.2) is 45.0 Å². The Morgan fingerprint density at radius 2 is 2.11 bits per heavy atom. The molecule has 0 saturated carbocycles. The van der Waals surface area contributed by atoms with Crippen LogP contribution in [0, 0.1) is 0 Å². The molecule has 0 aliphatic carbocycles. The quantitative estimate of drug-likeness (QED) is 0.662. The minimum Gasteiger partial charge on any atom is -0.356 e. The third kappa shape index (κ3) is 6.35. The van der Waals surface area contributed by atoms with Gasteiger partial charge in [0.25, 0.3) is 0 Å². The molecule has 5 nitrogen and oxygen atoms in total. The van der Waals surface area contributed by atoms with E-state index in [4.69, 9.17) is 0 Å². The second kappa shape index (κ2) is 7.74. The first kappa shape index (κ1) is 15.4. The van der Waals surface area contributed by atoms with Gasteiger partial charge in [-0.2, -0.15) is 0 Å². The molecular formula is C12H24N2O3S. The van der Waals surface area contributed by atoms with E-state index in [1.165, 1.54) is 12.8 Å². The van der Waals surface area contributed by atoms with Gasteiger partial charge in [-0.05, 0) is 6.42 Å². The van der Waals surface area contributed by atoms with Gasteiger partial charge in [-0.15, -0.1) is 0 Å². The van der Waals surface area contributed by atoms with Crippen molar-refractivity contribution in [3.8, 4) is 0 Å². The molecule has 0 aromatic rings. The first-order chi connectivity index (χ1) is 8.53. The fourth-order valence-corrected chi connectivity index (χ4v) is 3.52. The number of sulfone groups is 1. The van der Waals surface area contributed by atoms with Gasteiger partial charge in [0, 0.05) is 25.6 Å². The van der Waals surface area contributed by atoms with Crippen molar-refractivity contribution in [3.63, 3.8) is 0 Å². The normalized spacial score (nSPS) is 22.6. The van der Waals surface area contributed by atoms with Gasteiger partial charge in [-0.1, -0.05) is 26.2 Å². The van der Waals surface area contributed by atoms with Gasteiger partial charge >= 0.3 is 0 Å².